The first-order valence-corrected chi connectivity index (χ1v) is 8.37. The molecule has 0 heterocycles. The normalized spacial score (nSPS) is 10.3. The maximum Gasteiger partial charge on any atom is 0.338 e. The number of rotatable bonds is 8. The van der Waals surface area contributed by atoms with E-state index in [1.54, 1.807) is 12.1 Å². The van der Waals surface area contributed by atoms with E-state index in [1.807, 2.05) is 26.2 Å². The van der Waals surface area contributed by atoms with E-state index < -0.39 is 0 Å². The highest BCUT2D eigenvalue weighted by molar-refractivity contribution is 5.89. The lowest BCUT2D eigenvalue weighted by molar-refractivity contribution is 0.0500. The minimum absolute atomic E-state index is 0.255. The van der Waals surface area contributed by atoms with Crippen LogP contribution in [0.4, 0.5) is 11.4 Å². The Balaban J connectivity index is 1.86. The summed E-state index contributed by atoms with van der Waals surface area (Å²) in [4.78, 5) is 13.9. The van der Waals surface area contributed by atoms with Crippen LogP contribution >= 0.6 is 0 Å². The largest absolute Gasteiger partial charge is 0.462 e. The molecule has 0 saturated carbocycles. The van der Waals surface area contributed by atoms with Gasteiger partial charge >= 0.3 is 5.97 Å². The number of hydrogen-bond acceptors (Lipinski definition) is 4. The molecule has 128 valence electrons. The Kier molecular flexibility index (Phi) is 6.67. The molecule has 4 nitrogen and oxygen atoms in total. The summed E-state index contributed by atoms with van der Waals surface area (Å²) in [6.07, 6.45) is 1.92. The van der Waals surface area contributed by atoms with Crippen molar-refractivity contribution in [3.05, 3.63) is 59.7 Å². The van der Waals surface area contributed by atoms with E-state index in [-0.39, 0.29) is 5.97 Å². The first-order valence-electron chi connectivity index (χ1n) is 8.37. The predicted octanol–water partition coefficient (Wildman–Crippen LogP) is 4.32. The van der Waals surface area contributed by atoms with Crippen molar-refractivity contribution in [2.24, 2.45) is 0 Å². The van der Waals surface area contributed by atoms with Crippen LogP contribution in [0.15, 0.2) is 48.5 Å². The van der Waals surface area contributed by atoms with E-state index in [4.69, 9.17) is 4.74 Å². The molecule has 2 aromatic carbocycles. The molecule has 0 spiro atoms. The first-order chi connectivity index (χ1) is 11.6. The molecule has 0 saturated heterocycles. The molecule has 0 fully saturated rings. The second kappa shape index (κ2) is 8.96. The molecule has 0 aliphatic heterocycles. The smallest absolute Gasteiger partial charge is 0.338 e. The SMILES string of the molecule is CCCCOC(=O)c1ccc(NCc2ccc(N(C)C)cc2)cc1. The van der Waals surface area contributed by atoms with Crippen molar-refractivity contribution in [3.63, 3.8) is 0 Å². The third-order valence-corrected chi connectivity index (χ3v) is 3.80. The summed E-state index contributed by atoms with van der Waals surface area (Å²) in [6.45, 7) is 3.30. The monoisotopic (exact) mass is 326 g/mol. The lowest BCUT2D eigenvalue weighted by atomic mass is 10.1. The summed E-state index contributed by atoms with van der Waals surface area (Å²) in [5.74, 6) is -0.255. The molecule has 0 atom stereocenters. The highest BCUT2D eigenvalue weighted by atomic mass is 16.5. The Morgan fingerprint density at radius 2 is 1.71 bits per heavy atom. The fourth-order valence-corrected chi connectivity index (χ4v) is 2.23. The minimum atomic E-state index is -0.255. The van der Waals surface area contributed by atoms with E-state index in [0.29, 0.717) is 12.2 Å². The molecule has 0 bridgehead atoms. The lowest BCUT2D eigenvalue weighted by Gasteiger charge is -2.13. The zero-order chi connectivity index (χ0) is 17.4. The number of nitrogens with one attached hydrogen (secondary N) is 1. The van der Waals surface area contributed by atoms with Crippen molar-refractivity contribution in [1.82, 2.24) is 0 Å². The van der Waals surface area contributed by atoms with Crippen molar-refractivity contribution in [2.45, 2.75) is 26.3 Å². The van der Waals surface area contributed by atoms with Crippen LogP contribution in [0.25, 0.3) is 0 Å². The molecule has 0 amide bonds. The van der Waals surface area contributed by atoms with Gasteiger partial charge in [-0.3, -0.25) is 0 Å². The molecule has 0 aliphatic carbocycles. The van der Waals surface area contributed by atoms with E-state index in [0.717, 1.165) is 25.1 Å². The van der Waals surface area contributed by atoms with Gasteiger partial charge in [0.2, 0.25) is 0 Å². The van der Waals surface area contributed by atoms with E-state index in [1.165, 1.54) is 11.3 Å². The van der Waals surface area contributed by atoms with Crippen LogP contribution in [-0.4, -0.2) is 26.7 Å². The predicted molar refractivity (Wildman–Crippen MR) is 99.7 cm³/mol. The van der Waals surface area contributed by atoms with Gasteiger partial charge in [0.25, 0.3) is 0 Å². The van der Waals surface area contributed by atoms with Crippen molar-refractivity contribution in [2.75, 3.05) is 30.9 Å². The van der Waals surface area contributed by atoms with Gasteiger partial charge in [0.05, 0.1) is 12.2 Å². The van der Waals surface area contributed by atoms with Gasteiger partial charge in [-0.25, -0.2) is 4.79 Å². The number of anilines is 2. The van der Waals surface area contributed by atoms with E-state index in [2.05, 4.69) is 41.4 Å². The van der Waals surface area contributed by atoms with Gasteiger partial charge in [0, 0.05) is 32.0 Å². The topological polar surface area (TPSA) is 41.6 Å². The summed E-state index contributed by atoms with van der Waals surface area (Å²) < 4.78 is 5.20. The highest BCUT2D eigenvalue weighted by Crippen LogP contribution is 2.15. The van der Waals surface area contributed by atoms with Gasteiger partial charge in [0.15, 0.2) is 0 Å². The first kappa shape index (κ1) is 17.9. The fraction of sp³-hybridized carbons (Fsp3) is 0.350. The van der Waals surface area contributed by atoms with Crippen LogP contribution in [0.2, 0.25) is 0 Å². The summed E-state index contributed by atoms with van der Waals surface area (Å²) in [5, 5.41) is 3.36. The second-order valence-corrected chi connectivity index (χ2v) is 5.98. The number of esters is 1. The molecular formula is C20H26N2O2. The maximum absolute atomic E-state index is 11.9. The Labute approximate surface area is 144 Å². The van der Waals surface area contributed by atoms with Crippen molar-refractivity contribution < 1.29 is 9.53 Å². The number of benzene rings is 2. The maximum atomic E-state index is 11.9. The highest BCUT2D eigenvalue weighted by Gasteiger charge is 2.06. The Bertz CT molecular complexity index is 634. The third-order valence-electron chi connectivity index (χ3n) is 3.80. The summed E-state index contributed by atoms with van der Waals surface area (Å²) >= 11 is 0. The van der Waals surface area contributed by atoms with Crippen LogP contribution in [0.5, 0.6) is 0 Å². The molecule has 0 aromatic heterocycles. The summed E-state index contributed by atoms with van der Waals surface area (Å²) in [6, 6.07) is 15.8. The lowest BCUT2D eigenvalue weighted by Crippen LogP contribution is -2.08. The Morgan fingerprint density at radius 3 is 2.29 bits per heavy atom. The zero-order valence-corrected chi connectivity index (χ0v) is 14.7. The van der Waals surface area contributed by atoms with Gasteiger partial charge in [-0.2, -0.15) is 0 Å². The van der Waals surface area contributed by atoms with Gasteiger partial charge in [-0.15, -0.1) is 0 Å². The third kappa shape index (κ3) is 5.30. The number of carbonyl (C=O) groups is 1. The molecule has 2 aromatic rings. The van der Waals surface area contributed by atoms with Crippen molar-refractivity contribution >= 4 is 17.3 Å². The standard InChI is InChI=1S/C20H26N2O2/c1-4-5-14-24-20(23)17-8-10-18(11-9-17)21-15-16-6-12-19(13-7-16)22(2)3/h6-13,21H,4-5,14-15H2,1-3H3. The number of nitrogens with zero attached hydrogens (tertiary/aromatic N) is 1. The Morgan fingerprint density at radius 1 is 1.04 bits per heavy atom. The minimum Gasteiger partial charge on any atom is -0.462 e. The van der Waals surface area contributed by atoms with Gasteiger partial charge in [-0.1, -0.05) is 25.5 Å². The van der Waals surface area contributed by atoms with E-state index >= 15 is 0 Å². The van der Waals surface area contributed by atoms with E-state index in [9.17, 15) is 4.79 Å². The molecular weight excluding hydrogens is 300 g/mol. The van der Waals surface area contributed by atoms with Crippen LogP contribution in [0, 0.1) is 0 Å². The van der Waals surface area contributed by atoms with Crippen LogP contribution in [0.1, 0.15) is 35.7 Å². The molecule has 0 radical (unpaired) electrons. The van der Waals surface area contributed by atoms with Crippen LogP contribution < -0.4 is 10.2 Å². The average Bonchev–Trinajstić information content (AvgIpc) is 2.61. The fourth-order valence-electron chi connectivity index (χ4n) is 2.23. The summed E-state index contributed by atoms with van der Waals surface area (Å²) in [5.41, 5.74) is 3.97. The quantitative estimate of drug-likeness (QED) is 0.579. The van der Waals surface area contributed by atoms with Gasteiger partial charge in [-0.05, 0) is 48.4 Å². The van der Waals surface area contributed by atoms with Gasteiger partial charge < -0.3 is 15.0 Å². The number of ether oxygens (including phenoxy) is 1. The molecule has 24 heavy (non-hydrogen) atoms. The molecule has 1 N–H and O–H groups in total. The second-order valence-electron chi connectivity index (χ2n) is 5.98. The van der Waals surface area contributed by atoms with Crippen LogP contribution in [0.3, 0.4) is 0 Å². The van der Waals surface area contributed by atoms with Gasteiger partial charge in [0.1, 0.15) is 0 Å². The number of hydrogen-bond donors (Lipinski definition) is 1. The zero-order valence-electron chi connectivity index (χ0n) is 14.7. The molecule has 0 aliphatic rings. The Hall–Kier alpha value is -2.49. The number of unbranched alkanes of at least 4 members (excludes halogenated alkanes) is 1. The summed E-state index contributed by atoms with van der Waals surface area (Å²) in [7, 11) is 4.06. The molecule has 4 heteroatoms. The molecule has 2 rings (SSSR count). The van der Waals surface area contributed by atoms with Crippen LogP contribution in [-0.2, 0) is 11.3 Å². The number of carbonyl (C=O) groups excluding carboxylic acids is 1. The van der Waals surface area contributed by atoms with Crippen molar-refractivity contribution in [3.8, 4) is 0 Å². The average molecular weight is 326 g/mol. The molecule has 0 unspecified atom stereocenters. The van der Waals surface area contributed by atoms with Crippen molar-refractivity contribution in [1.29, 1.82) is 0 Å².